The zero-order valence-electron chi connectivity index (χ0n) is 10.1. The lowest BCUT2D eigenvalue weighted by molar-refractivity contribution is -0.137. The summed E-state index contributed by atoms with van der Waals surface area (Å²) in [6, 6.07) is 4.24. The Bertz CT molecular complexity index is 533. The lowest BCUT2D eigenvalue weighted by atomic mass is 10.1. The van der Waals surface area contributed by atoms with Gasteiger partial charge in [0.2, 0.25) is 0 Å². The van der Waals surface area contributed by atoms with Crippen LogP contribution in [0.15, 0.2) is 24.3 Å². The second-order valence-corrected chi connectivity index (χ2v) is 6.80. The minimum Gasteiger partial charge on any atom is -0.313 e. The van der Waals surface area contributed by atoms with E-state index in [9.17, 15) is 21.6 Å². The Labute approximate surface area is 109 Å². The van der Waals surface area contributed by atoms with Crippen molar-refractivity contribution < 1.29 is 21.6 Å². The van der Waals surface area contributed by atoms with E-state index in [2.05, 4.69) is 5.32 Å². The molecular formula is C12H14F3NO2S. The second kappa shape index (κ2) is 5.13. The summed E-state index contributed by atoms with van der Waals surface area (Å²) in [6.45, 7) is 0.820. The van der Waals surface area contributed by atoms with Crippen molar-refractivity contribution in [2.24, 2.45) is 0 Å². The van der Waals surface area contributed by atoms with Gasteiger partial charge in [0.25, 0.3) is 0 Å². The van der Waals surface area contributed by atoms with E-state index in [1.54, 1.807) is 0 Å². The lowest BCUT2D eigenvalue weighted by Gasteiger charge is -2.27. The van der Waals surface area contributed by atoms with E-state index in [0.717, 1.165) is 25.1 Å². The molecule has 0 aliphatic carbocycles. The van der Waals surface area contributed by atoms with Gasteiger partial charge in [-0.15, -0.1) is 0 Å². The smallest absolute Gasteiger partial charge is 0.313 e. The molecule has 19 heavy (non-hydrogen) atoms. The molecule has 1 unspecified atom stereocenters. The summed E-state index contributed by atoms with van der Waals surface area (Å²) in [7, 11) is -3.29. The summed E-state index contributed by atoms with van der Waals surface area (Å²) in [6.07, 6.45) is -3.57. The Kier molecular flexibility index (Phi) is 3.87. The van der Waals surface area contributed by atoms with Gasteiger partial charge in [0.15, 0.2) is 9.84 Å². The van der Waals surface area contributed by atoms with Crippen LogP contribution in [0.2, 0.25) is 0 Å². The zero-order valence-corrected chi connectivity index (χ0v) is 10.9. The molecule has 0 spiro atoms. The number of hydrogen-bond donors (Lipinski definition) is 1. The Morgan fingerprint density at radius 1 is 1.21 bits per heavy atom. The van der Waals surface area contributed by atoms with E-state index < -0.39 is 21.6 Å². The predicted octanol–water partition coefficient (Wildman–Crippen LogP) is 1.98. The van der Waals surface area contributed by atoms with Gasteiger partial charge in [-0.25, -0.2) is 8.42 Å². The largest absolute Gasteiger partial charge is 0.416 e. The molecule has 7 heteroatoms. The molecule has 1 fully saturated rings. The van der Waals surface area contributed by atoms with Crippen molar-refractivity contribution in [3.63, 3.8) is 0 Å². The van der Waals surface area contributed by atoms with Crippen LogP contribution in [0.3, 0.4) is 0 Å². The highest BCUT2D eigenvalue weighted by Crippen LogP contribution is 2.29. The van der Waals surface area contributed by atoms with Gasteiger partial charge in [-0.1, -0.05) is 12.1 Å². The molecule has 1 N–H and O–H groups in total. The third kappa shape index (κ3) is 3.94. The van der Waals surface area contributed by atoms with Gasteiger partial charge in [-0.3, -0.25) is 0 Å². The molecule has 0 bridgehead atoms. The standard InChI is InChI=1S/C12H14F3NO2S/c13-12(14,15)10-3-1-9(2-4-10)7-19(17,18)8-11-5-6-16-11/h1-4,11,16H,5-8H2. The SMILES string of the molecule is O=S(=O)(Cc1ccc(C(F)(F)F)cc1)CC1CCN1. The van der Waals surface area contributed by atoms with Crippen LogP contribution in [-0.2, 0) is 21.8 Å². The molecule has 106 valence electrons. The number of rotatable bonds is 4. The Balaban J connectivity index is 2.02. The Morgan fingerprint density at radius 3 is 2.21 bits per heavy atom. The molecule has 1 aliphatic rings. The number of nitrogens with one attached hydrogen (secondary N) is 1. The van der Waals surface area contributed by atoms with E-state index in [0.29, 0.717) is 5.56 Å². The van der Waals surface area contributed by atoms with Gasteiger partial charge in [-0.05, 0) is 30.7 Å². The van der Waals surface area contributed by atoms with Crippen molar-refractivity contribution >= 4 is 9.84 Å². The first-order chi connectivity index (χ1) is 8.76. The van der Waals surface area contributed by atoms with E-state index in [1.165, 1.54) is 12.1 Å². The number of benzene rings is 1. The van der Waals surface area contributed by atoms with Crippen LogP contribution >= 0.6 is 0 Å². The first-order valence-corrected chi connectivity index (χ1v) is 7.68. The summed E-state index contributed by atoms with van der Waals surface area (Å²) < 4.78 is 60.7. The third-order valence-corrected chi connectivity index (χ3v) is 4.73. The fourth-order valence-electron chi connectivity index (χ4n) is 1.90. The van der Waals surface area contributed by atoms with Gasteiger partial charge in [0.05, 0.1) is 17.1 Å². The van der Waals surface area contributed by atoms with Crippen LogP contribution in [0.5, 0.6) is 0 Å². The molecular weight excluding hydrogens is 279 g/mol. The molecule has 1 atom stereocenters. The topological polar surface area (TPSA) is 46.2 Å². The Hall–Kier alpha value is -1.08. The van der Waals surface area contributed by atoms with E-state index in [1.807, 2.05) is 0 Å². The maximum absolute atomic E-state index is 12.4. The molecule has 0 aromatic heterocycles. The first-order valence-electron chi connectivity index (χ1n) is 5.86. The maximum atomic E-state index is 12.4. The first kappa shape index (κ1) is 14.3. The molecule has 1 aromatic carbocycles. The van der Waals surface area contributed by atoms with Crippen LogP contribution in [0, 0.1) is 0 Å². The quantitative estimate of drug-likeness (QED) is 0.923. The maximum Gasteiger partial charge on any atom is 0.416 e. The number of hydrogen-bond acceptors (Lipinski definition) is 3. The molecule has 0 saturated carbocycles. The second-order valence-electron chi connectivity index (χ2n) is 4.69. The zero-order chi connectivity index (χ0) is 14.1. The van der Waals surface area contributed by atoms with Crippen molar-refractivity contribution in [2.75, 3.05) is 12.3 Å². The highest BCUT2D eigenvalue weighted by Gasteiger charge is 2.30. The number of alkyl halides is 3. The summed E-state index contributed by atoms with van der Waals surface area (Å²) in [4.78, 5) is 0. The van der Waals surface area contributed by atoms with Crippen LogP contribution in [-0.4, -0.2) is 26.8 Å². The average Bonchev–Trinajstić information content (AvgIpc) is 2.23. The Morgan fingerprint density at radius 2 is 1.79 bits per heavy atom. The van der Waals surface area contributed by atoms with Gasteiger partial charge < -0.3 is 5.32 Å². The van der Waals surface area contributed by atoms with E-state index in [4.69, 9.17) is 0 Å². The van der Waals surface area contributed by atoms with Crippen LogP contribution in [0.1, 0.15) is 17.5 Å². The van der Waals surface area contributed by atoms with Crippen LogP contribution in [0.25, 0.3) is 0 Å². The summed E-state index contributed by atoms with van der Waals surface area (Å²) in [5, 5.41) is 2.99. The monoisotopic (exact) mass is 293 g/mol. The average molecular weight is 293 g/mol. The van der Waals surface area contributed by atoms with Gasteiger partial charge >= 0.3 is 6.18 Å². The predicted molar refractivity (Wildman–Crippen MR) is 65.3 cm³/mol. The van der Waals surface area contributed by atoms with Crippen molar-refractivity contribution in [2.45, 2.75) is 24.4 Å². The van der Waals surface area contributed by atoms with E-state index >= 15 is 0 Å². The summed E-state index contributed by atoms with van der Waals surface area (Å²) in [5.41, 5.74) is -0.387. The molecule has 1 saturated heterocycles. The minimum absolute atomic E-state index is 0.0144. The molecule has 1 heterocycles. The lowest BCUT2D eigenvalue weighted by Crippen LogP contribution is -2.47. The molecule has 1 aromatic rings. The third-order valence-electron chi connectivity index (χ3n) is 3.05. The molecule has 2 rings (SSSR count). The fourth-order valence-corrected chi connectivity index (χ4v) is 3.62. The van der Waals surface area contributed by atoms with Crippen LogP contribution in [0.4, 0.5) is 13.2 Å². The van der Waals surface area contributed by atoms with Gasteiger partial charge in [-0.2, -0.15) is 13.2 Å². The fraction of sp³-hybridized carbons (Fsp3) is 0.500. The van der Waals surface area contributed by atoms with E-state index in [-0.39, 0.29) is 17.5 Å². The van der Waals surface area contributed by atoms with Crippen molar-refractivity contribution in [3.8, 4) is 0 Å². The minimum atomic E-state index is -4.40. The normalized spacial score (nSPS) is 20.1. The van der Waals surface area contributed by atoms with Gasteiger partial charge in [0, 0.05) is 6.04 Å². The summed E-state index contributed by atoms with van der Waals surface area (Å²) in [5.74, 6) is -0.183. The number of sulfone groups is 1. The molecule has 3 nitrogen and oxygen atoms in total. The summed E-state index contributed by atoms with van der Waals surface area (Å²) >= 11 is 0. The van der Waals surface area contributed by atoms with Crippen molar-refractivity contribution in [3.05, 3.63) is 35.4 Å². The van der Waals surface area contributed by atoms with Crippen LogP contribution < -0.4 is 5.32 Å². The molecule has 1 aliphatic heterocycles. The highest BCUT2D eigenvalue weighted by molar-refractivity contribution is 7.90. The van der Waals surface area contributed by atoms with Crippen molar-refractivity contribution in [1.29, 1.82) is 0 Å². The number of halogens is 3. The highest BCUT2D eigenvalue weighted by atomic mass is 32.2. The van der Waals surface area contributed by atoms with Gasteiger partial charge in [0.1, 0.15) is 0 Å². The molecule has 0 amide bonds. The molecule has 0 radical (unpaired) electrons. The van der Waals surface area contributed by atoms with Crippen molar-refractivity contribution in [1.82, 2.24) is 5.32 Å².